The minimum atomic E-state index is -0.186. The van der Waals surface area contributed by atoms with Gasteiger partial charge in [0.05, 0.1) is 11.4 Å². The van der Waals surface area contributed by atoms with Crippen LogP contribution >= 0.6 is 12.4 Å². The van der Waals surface area contributed by atoms with Crippen LogP contribution in [0.25, 0.3) is 0 Å². The Morgan fingerprint density at radius 1 is 1.17 bits per heavy atom. The monoisotopic (exact) mass is 343 g/mol. The van der Waals surface area contributed by atoms with Gasteiger partial charge >= 0.3 is 0 Å². The Morgan fingerprint density at radius 2 is 1.83 bits per heavy atom. The van der Waals surface area contributed by atoms with E-state index in [9.17, 15) is 9.59 Å². The number of hydrogen-bond donors (Lipinski definition) is 3. The Hall–Kier alpha value is -2.15. The fourth-order valence-electron chi connectivity index (χ4n) is 2.04. The molecule has 0 fully saturated rings. The van der Waals surface area contributed by atoms with Gasteiger partial charge in [0.15, 0.2) is 11.5 Å². The van der Waals surface area contributed by atoms with Crippen molar-refractivity contribution in [3.05, 3.63) is 12.1 Å². The minimum Gasteiger partial charge on any atom is -0.454 e. The maximum Gasteiger partial charge on any atom is 0.231 e. The SMILES string of the molecule is CCCNC(=O)CCCC(=O)Nc1cc2c(cc1N)OCO2.Cl. The van der Waals surface area contributed by atoms with Gasteiger partial charge in [-0.25, -0.2) is 0 Å². The number of fused-ring (bicyclic) bond motifs is 1. The molecule has 0 aliphatic carbocycles. The summed E-state index contributed by atoms with van der Waals surface area (Å²) in [4.78, 5) is 23.3. The van der Waals surface area contributed by atoms with Crippen molar-refractivity contribution in [3.63, 3.8) is 0 Å². The highest BCUT2D eigenvalue weighted by Gasteiger charge is 2.17. The lowest BCUT2D eigenvalue weighted by Gasteiger charge is -2.09. The van der Waals surface area contributed by atoms with Gasteiger partial charge in [-0.3, -0.25) is 9.59 Å². The van der Waals surface area contributed by atoms with Gasteiger partial charge < -0.3 is 25.8 Å². The number of anilines is 2. The number of rotatable bonds is 7. The molecular formula is C15H22ClN3O4. The zero-order valence-corrected chi connectivity index (χ0v) is 13.8. The molecule has 0 radical (unpaired) electrons. The number of carbonyl (C=O) groups is 2. The molecule has 1 heterocycles. The molecule has 1 aromatic carbocycles. The number of amides is 2. The third-order valence-electron chi connectivity index (χ3n) is 3.20. The largest absolute Gasteiger partial charge is 0.454 e. The quantitative estimate of drug-likeness (QED) is 0.657. The van der Waals surface area contributed by atoms with Crippen LogP contribution in [-0.2, 0) is 9.59 Å². The van der Waals surface area contributed by atoms with Crippen molar-refractivity contribution in [1.82, 2.24) is 5.32 Å². The summed E-state index contributed by atoms with van der Waals surface area (Å²) >= 11 is 0. The molecule has 0 bridgehead atoms. The molecule has 0 saturated heterocycles. The van der Waals surface area contributed by atoms with E-state index < -0.39 is 0 Å². The van der Waals surface area contributed by atoms with Crippen LogP contribution in [0.1, 0.15) is 32.6 Å². The molecule has 2 rings (SSSR count). The van der Waals surface area contributed by atoms with E-state index in [1.165, 1.54) is 0 Å². The third-order valence-corrected chi connectivity index (χ3v) is 3.20. The van der Waals surface area contributed by atoms with Crippen LogP contribution < -0.4 is 25.8 Å². The fourth-order valence-corrected chi connectivity index (χ4v) is 2.04. The zero-order chi connectivity index (χ0) is 15.9. The second-order valence-electron chi connectivity index (χ2n) is 5.04. The van der Waals surface area contributed by atoms with Crippen molar-refractivity contribution >= 4 is 35.6 Å². The number of nitrogens with one attached hydrogen (secondary N) is 2. The van der Waals surface area contributed by atoms with E-state index in [0.29, 0.717) is 42.3 Å². The van der Waals surface area contributed by atoms with Gasteiger partial charge in [-0.1, -0.05) is 6.92 Å². The van der Waals surface area contributed by atoms with Crippen molar-refractivity contribution in [2.24, 2.45) is 0 Å². The zero-order valence-electron chi connectivity index (χ0n) is 13.0. The van der Waals surface area contributed by atoms with Crippen LogP contribution in [0.15, 0.2) is 12.1 Å². The smallest absolute Gasteiger partial charge is 0.231 e. The van der Waals surface area contributed by atoms with Crippen molar-refractivity contribution in [1.29, 1.82) is 0 Å². The molecule has 0 atom stereocenters. The second-order valence-corrected chi connectivity index (χ2v) is 5.04. The van der Waals surface area contributed by atoms with E-state index in [2.05, 4.69) is 10.6 Å². The molecule has 8 heteroatoms. The van der Waals surface area contributed by atoms with E-state index in [4.69, 9.17) is 15.2 Å². The number of carbonyl (C=O) groups excluding carboxylic acids is 2. The lowest BCUT2D eigenvalue weighted by atomic mass is 10.2. The molecule has 4 N–H and O–H groups in total. The first-order valence-electron chi connectivity index (χ1n) is 7.35. The maximum absolute atomic E-state index is 11.9. The minimum absolute atomic E-state index is 0. The Morgan fingerprint density at radius 3 is 2.52 bits per heavy atom. The third kappa shape index (κ3) is 5.52. The molecule has 7 nitrogen and oxygen atoms in total. The molecule has 0 unspecified atom stereocenters. The average Bonchev–Trinajstić information content (AvgIpc) is 2.92. The van der Waals surface area contributed by atoms with Gasteiger partial charge in [0.2, 0.25) is 18.6 Å². The molecule has 1 aliphatic rings. The maximum atomic E-state index is 11.9. The Kier molecular flexibility index (Phi) is 7.47. The van der Waals surface area contributed by atoms with Crippen LogP contribution in [-0.4, -0.2) is 25.2 Å². The summed E-state index contributed by atoms with van der Waals surface area (Å²) in [5.74, 6) is 0.914. The molecule has 0 spiro atoms. The first-order chi connectivity index (χ1) is 10.6. The van der Waals surface area contributed by atoms with Crippen molar-refractivity contribution in [2.45, 2.75) is 32.6 Å². The van der Waals surface area contributed by atoms with Crippen molar-refractivity contribution in [2.75, 3.05) is 24.4 Å². The predicted octanol–water partition coefficient (Wildman–Crippen LogP) is 2.05. The highest BCUT2D eigenvalue weighted by molar-refractivity contribution is 5.94. The summed E-state index contributed by atoms with van der Waals surface area (Å²) in [5, 5.41) is 5.50. The molecule has 1 aliphatic heterocycles. The average molecular weight is 344 g/mol. The molecule has 128 valence electrons. The number of nitrogens with two attached hydrogens (primary N) is 1. The number of halogens is 1. The Balaban J connectivity index is 0.00000264. The molecule has 0 saturated carbocycles. The van der Waals surface area contributed by atoms with E-state index in [0.717, 1.165) is 6.42 Å². The van der Waals surface area contributed by atoms with E-state index >= 15 is 0 Å². The number of nitrogen functional groups attached to an aromatic ring is 1. The van der Waals surface area contributed by atoms with Gasteiger partial charge in [0, 0.05) is 31.5 Å². The Labute approximate surface area is 141 Å². The van der Waals surface area contributed by atoms with Crippen molar-refractivity contribution < 1.29 is 19.1 Å². The summed E-state index contributed by atoms with van der Waals surface area (Å²) in [7, 11) is 0. The lowest BCUT2D eigenvalue weighted by molar-refractivity contribution is -0.121. The highest BCUT2D eigenvalue weighted by atomic mass is 35.5. The van der Waals surface area contributed by atoms with Crippen molar-refractivity contribution in [3.8, 4) is 11.5 Å². The molecular weight excluding hydrogens is 322 g/mol. The summed E-state index contributed by atoms with van der Waals surface area (Å²) < 4.78 is 10.4. The molecule has 1 aromatic rings. The Bertz CT molecular complexity index is 566. The van der Waals surface area contributed by atoms with Gasteiger partial charge in [0.1, 0.15) is 0 Å². The standard InChI is InChI=1S/C15H21N3O4.ClH/c1-2-6-17-14(19)4-3-5-15(20)18-11-8-13-12(7-10(11)16)21-9-22-13;/h7-8H,2-6,9,16H2,1H3,(H,17,19)(H,18,20);1H. The van der Waals surface area contributed by atoms with E-state index in [1.807, 2.05) is 6.92 Å². The topological polar surface area (TPSA) is 103 Å². The fraction of sp³-hybridized carbons (Fsp3) is 0.467. The number of hydrogen-bond acceptors (Lipinski definition) is 5. The summed E-state index contributed by atoms with van der Waals surface area (Å²) in [6.45, 7) is 2.81. The molecule has 2 amide bonds. The predicted molar refractivity (Wildman–Crippen MR) is 90.0 cm³/mol. The van der Waals surface area contributed by atoms with E-state index in [1.54, 1.807) is 12.1 Å². The van der Waals surface area contributed by atoms with Crippen LogP contribution in [0, 0.1) is 0 Å². The van der Waals surface area contributed by atoms with E-state index in [-0.39, 0.29) is 37.4 Å². The molecule has 0 aromatic heterocycles. The first-order valence-corrected chi connectivity index (χ1v) is 7.35. The normalized spacial score (nSPS) is 11.5. The van der Waals surface area contributed by atoms with Crippen LogP contribution in [0.2, 0.25) is 0 Å². The summed E-state index contributed by atoms with van der Waals surface area (Å²) in [6.07, 6.45) is 1.99. The number of ether oxygens (including phenoxy) is 2. The summed E-state index contributed by atoms with van der Waals surface area (Å²) in [5.41, 5.74) is 6.76. The van der Waals surface area contributed by atoms with Gasteiger partial charge in [-0.05, 0) is 12.8 Å². The van der Waals surface area contributed by atoms with Gasteiger partial charge in [-0.2, -0.15) is 0 Å². The first kappa shape index (κ1) is 18.9. The van der Waals surface area contributed by atoms with Crippen LogP contribution in [0.4, 0.5) is 11.4 Å². The van der Waals surface area contributed by atoms with Gasteiger partial charge in [-0.15, -0.1) is 12.4 Å². The lowest BCUT2D eigenvalue weighted by Crippen LogP contribution is -2.24. The van der Waals surface area contributed by atoms with Crippen LogP contribution in [0.5, 0.6) is 11.5 Å². The van der Waals surface area contributed by atoms with Gasteiger partial charge in [0.25, 0.3) is 0 Å². The molecule has 23 heavy (non-hydrogen) atoms. The second kappa shape index (κ2) is 9.09. The van der Waals surface area contributed by atoms with Crippen LogP contribution in [0.3, 0.4) is 0 Å². The number of benzene rings is 1. The summed E-state index contributed by atoms with van der Waals surface area (Å²) in [6, 6.07) is 3.26. The highest BCUT2D eigenvalue weighted by Crippen LogP contribution is 2.38.